The van der Waals surface area contributed by atoms with Crippen LogP contribution in [0.25, 0.3) is 0 Å². The molecule has 3 nitrogen and oxygen atoms in total. The molecule has 16 heavy (non-hydrogen) atoms. The highest BCUT2D eigenvalue weighted by atomic mass is 16.5. The molecule has 1 heterocycles. The van der Waals surface area contributed by atoms with Gasteiger partial charge in [-0.2, -0.15) is 0 Å². The normalized spacial score (nSPS) is 18.6. The molecule has 0 amide bonds. The summed E-state index contributed by atoms with van der Waals surface area (Å²) in [4.78, 5) is 2.37. The molecule has 3 heteroatoms. The van der Waals surface area contributed by atoms with Crippen molar-refractivity contribution in [1.82, 2.24) is 4.90 Å². The van der Waals surface area contributed by atoms with Gasteiger partial charge in [-0.15, -0.1) is 0 Å². The minimum absolute atomic E-state index is 0.589. The van der Waals surface area contributed by atoms with E-state index in [1.54, 1.807) is 7.11 Å². The Bertz CT molecular complexity index is 357. The number of hydrogen-bond acceptors (Lipinski definition) is 3. The maximum Gasteiger partial charge on any atom is 0.119 e. The van der Waals surface area contributed by atoms with Crippen molar-refractivity contribution in [3.8, 4) is 5.75 Å². The molecule has 0 bridgehead atoms. The number of nitrogens with two attached hydrogens (primary N) is 1. The van der Waals surface area contributed by atoms with Crippen LogP contribution in [0.5, 0.6) is 5.75 Å². The third kappa shape index (κ3) is 2.30. The lowest BCUT2D eigenvalue weighted by molar-refractivity contribution is 0.255. The summed E-state index contributed by atoms with van der Waals surface area (Å²) in [6.07, 6.45) is 2.38. The molecule has 1 aromatic rings. The molecule has 0 aliphatic carbocycles. The molecular formula is C13H20N2O. The van der Waals surface area contributed by atoms with Crippen LogP contribution in [0.3, 0.4) is 0 Å². The Morgan fingerprint density at radius 1 is 1.31 bits per heavy atom. The van der Waals surface area contributed by atoms with E-state index in [0.29, 0.717) is 5.92 Å². The van der Waals surface area contributed by atoms with Crippen LogP contribution in [0.1, 0.15) is 24.3 Å². The Morgan fingerprint density at radius 3 is 2.62 bits per heavy atom. The SMILES string of the molecule is COc1ccc(N)c(C2CCN(C)CC2)c1. The number of nitrogens with zero attached hydrogens (tertiary/aromatic N) is 1. The lowest BCUT2D eigenvalue weighted by atomic mass is 9.88. The van der Waals surface area contributed by atoms with Gasteiger partial charge in [0.05, 0.1) is 7.11 Å². The third-order valence-electron chi connectivity index (χ3n) is 3.45. The molecule has 88 valence electrons. The molecule has 1 saturated heterocycles. The van der Waals surface area contributed by atoms with Gasteiger partial charge in [-0.25, -0.2) is 0 Å². The summed E-state index contributed by atoms with van der Waals surface area (Å²) in [5.41, 5.74) is 8.20. The standard InChI is InChI=1S/C13H20N2O/c1-15-7-5-10(6-8-15)12-9-11(16-2)3-4-13(12)14/h3-4,9-10H,5-8,14H2,1-2H3. The summed E-state index contributed by atoms with van der Waals surface area (Å²) in [6, 6.07) is 5.96. The maximum atomic E-state index is 6.04. The fraction of sp³-hybridized carbons (Fsp3) is 0.538. The molecular weight excluding hydrogens is 200 g/mol. The Labute approximate surface area is 97.2 Å². The lowest BCUT2D eigenvalue weighted by Crippen LogP contribution is -2.29. The maximum absolute atomic E-state index is 6.04. The van der Waals surface area contributed by atoms with Crippen LogP contribution in [-0.4, -0.2) is 32.1 Å². The number of rotatable bonds is 2. The summed E-state index contributed by atoms with van der Waals surface area (Å²) in [5, 5.41) is 0. The monoisotopic (exact) mass is 220 g/mol. The van der Waals surface area contributed by atoms with E-state index in [-0.39, 0.29) is 0 Å². The average molecular weight is 220 g/mol. The van der Waals surface area contributed by atoms with Gasteiger partial charge in [0.2, 0.25) is 0 Å². The zero-order chi connectivity index (χ0) is 11.5. The van der Waals surface area contributed by atoms with Gasteiger partial charge in [-0.1, -0.05) is 0 Å². The predicted octanol–water partition coefficient (Wildman–Crippen LogP) is 2.09. The van der Waals surface area contributed by atoms with Crippen molar-refractivity contribution in [2.75, 3.05) is 33.0 Å². The Kier molecular flexibility index (Phi) is 3.34. The van der Waals surface area contributed by atoms with Crippen LogP contribution in [-0.2, 0) is 0 Å². The Morgan fingerprint density at radius 2 is 2.00 bits per heavy atom. The van der Waals surface area contributed by atoms with E-state index in [4.69, 9.17) is 10.5 Å². The average Bonchev–Trinajstić information content (AvgIpc) is 2.31. The van der Waals surface area contributed by atoms with Crippen LogP contribution >= 0.6 is 0 Å². The number of hydrogen-bond donors (Lipinski definition) is 1. The Hall–Kier alpha value is -1.22. The quantitative estimate of drug-likeness (QED) is 0.776. The molecule has 0 aromatic heterocycles. The number of nitrogen functional groups attached to an aromatic ring is 1. The van der Waals surface area contributed by atoms with Crippen molar-refractivity contribution in [2.45, 2.75) is 18.8 Å². The second kappa shape index (κ2) is 4.74. The van der Waals surface area contributed by atoms with Crippen LogP contribution in [0.4, 0.5) is 5.69 Å². The zero-order valence-electron chi connectivity index (χ0n) is 10.1. The van der Waals surface area contributed by atoms with Crippen molar-refractivity contribution >= 4 is 5.69 Å². The molecule has 1 aliphatic rings. The van der Waals surface area contributed by atoms with Gasteiger partial charge in [0.15, 0.2) is 0 Å². The van der Waals surface area contributed by atoms with Crippen LogP contribution in [0.2, 0.25) is 0 Å². The lowest BCUT2D eigenvalue weighted by Gasteiger charge is -2.30. The summed E-state index contributed by atoms with van der Waals surface area (Å²) in [6.45, 7) is 2.31. The number of ether oxygens (including phenoxy) is 1. The summed E-state index contributed by atoms with van der Waals surface area (Å²) in [7, 11) is 3.87. The molecule has 1 fully saturated rings. The highest BCUT2D eigenvalue weighted by Crippen LogP contribution is 2.33. The summed E-state index contributed by atoms with van der Waals surface area (Å²) < 4.78 is 5.26. The van der Waals surface area contributed by atoms with Crippen LogP contribution in [0, 0.1) is 0 Å². The number of piperidine rings is 1. The topological polar surface area (TPSA) is 38.5 Å². The van der Waals surface area contributed by atoms with E-state index >= 15 is 0 Å². The van der Waals surface area contributed by atoms with E-state index in [9.17, 15) is 0 Å². The van der Waals surface area contributed by atoms with Gasteiger partial charge in [0.25, 0.3) is 0 Å². The molecule has 1 aliphatic heterocycles. The number of likely N-dealkylation sites (tertiary alicyclic amines) is 1. The summed E-state index contributed by atoms with van der Waals surface area (Å²) >= 11 is 0. The highest BCUT2D eigenvalue weighted by Gasteiger charge is 2.20. The van der Waals surface area contributed by atoms with Crippen molar-refractivity contribution in [3.05, 3.63) is 23.8 Å². The predicted molar refractivity (Wildman–Crippen MR) is 66.9 cm³/mol. The molecule has 0 atom stereocenters. The smallest absolute Gasteiger partial charge is 0.119 e. The van der Waals surface area contributed by atoms with Crippen LogP contribution in [0.15, 0.2) is 18.2 Å². The molecule has 0 unspecified atom stereocenters. The highest BCUT2D eigenvalue weighted by molar-refractivity contribution is 5.52. The van der Waals surface area contributed by atoms with Crippen molar-refractivity contribution < 1.29 is 4.74 Å². The number of anilines is 1. The fourth-order valence-electron chi connectivity index (χ4n) is 2.35. The van der Waals surface area contributed by atoms with Crippen LogP contribution < -0.4 is 10.5 Å². The minimum Gasteiger partial charge on any atom is -0.497 e. The van der Waals surface area contributed by atoms with Gasteiger partial charge in [0, 0.05) is 5.69 Å². The second-order valence-corrected chi connectivity index (χ2v) is 4.57. The molecule has 0 radical (unpaired) electrons. The van der Waals surface area contributed by atoms with Crippen molar-refractivity contribution in [1.29, 1.82) is 0 Å². The Balaban J connectivity index is 2.19. The second-order valence-electron chi connectivity index (χ2n) is 4.57. The van der Waals surface area contributed by atoms with Gasteiger partial charge < -0.3 is 15.4 Å². The first-order chi connectivity index (χ1) is 7.70. The number of methoxy groups -OCH3 is 1. The van der Waals surface area contributed by atoms with Crippen molar-refractivity contribution in [3.63, 3.8) is 0 Å². The first-order valence-corrected chi connectivity index (χ1v) is 5.82. The van der Waals surface area contributed by atoms with E-state index in [0.717, 1.165) is 24.5 Å². The zero-order valence-corrected chi connectivity index (χ0v) is 10.1. The molecule has 0 spiro atoms. The van der Waals surface area contributed by atoms with Gasteiger partial charge >= 0.3 is 0 Å². The van der Waals surface area contributed by atoms with Gasteiger partial charge in [-0.3, -0.25) is 0 Å². The third-order valence-corrected chi connectivity index (χ3v) is 3.45. The molecule has 2 N–H and O–H groups in total. The fourth-order valence-corrected chi connectivity index (χ4v) is 2.35. The number of benzene rings is 1. The van der Waals surface area contributed by atoms with E-state index in [1.807, 2.05) is 12.1 Å². The molecule has 1 aromatic carbocycles. The first-order valence-electron chi connectivity index (χ1n) is 5.82. The van der Waals surface area contributed by atoms with E-state index in [1.165, 1.54) is 18.4 Å². The van der Waals surface area contributed by atoms with E-state index in [2.05, 4.69) is 18.0 Å². The van der Waals surface area contributed by atoms with Gasteiger partial charge in [0.1, 0.15) is 5.75 Å². The van der Waals surface area contributed by atoms with Crippen molar-refractivity contribution in [2.24, 2.45) is 0 Å². The molecule has 0 saturated carbocycles. The largest absolute Gasteiger partial charge is 0.497 e. The molecule has 2 rings (SSSR count). The first kappa shape index (κ1) is 11.3. The van der Waals surface area contributed by atoms with E-state index < -0.39 is 0 Å². The summed E-state index contributed by atoms with van der Waals surface area (Å²) in [5.74, 6) is 1.49. The minimum atomic E-state index is 0.589. The van der Waals surface area contributed by atoms with Gasteiger partial charge in [-0.05, 0) is 62.7 Å².